The predicted octanol–water partition coefficient (Wildman–Crippen LogP) is 2.86. The van der Waals surface area contributed by atoms with Crippen LogP contribution in [0, 0.1) is 0 Å². The number of cyclic esters (lactones) is 1. The molecule has 0 N–H and O–H groups in total. The molecule has 26 heavy (non-hydrogen) atoms. The van der Waals surface area contributed by atoms with E-state index in [2.05, 4.69) is 91.0 Å². The van der Waals surface area contributed by atoms with E-state index in [1.165, 1.54) is 15.6 Å². The zero-order valence-electron chi connectivity index (χ0n) is 14.7. The van der Waals surface area contributed by atoms with Crippen LogP contribution in [0.3, 0.4) is 0 Å². The number of hydrogen-bond donors (Lipinski definition) is 0. The van der Waals surface area contributed by atoms with Crippen LogP contribution < -0.4 is 15.6 Å². The number of rotatable bonds is 4. The summed E-state index contributed by atoms with van der Waals surface area (Å²) in [4.78, 5) is 11.7. The van der Waals surface area contributed by atoms with Gasteiger partial charge in [-0.05, 0) is 22.0 Å². The first-order valence-corrected chi connectivity index (χ1v) is 11.2. The second kappa shape index (κ2) is 7.30. The Bertz CT molecular complexity index is 756. The Hall–Kier alpha value is -2.65. The number of esters is 1. The molecule has 3 aromatic rings. The van der Waals surface area contributed by atoms with Crippen molar-refractivity contribution in [1.82, 2.24) is 0 Å². The number of benzene rings is 3. The summed E-state index contributed by atoms with van der Waals surface area (Å²) in [5.74, 6) is -0.0710. The summed E-state index contributed by atoms with van der Waals surface area (Å²) in [7, 11) is -2.33. The van der Waals surface area contributed by atoms with Crippen molar-refractivity contribution < 1.29 is 9.53 Å². The van der Waals surface area contributed by atoms with Gasteiger partial charge in [-0.25, -0.2) is 0 Å². The van der Waals surface area contributed by atoms with Crippen LogP contribution in [0.4, 0.5) is 0 Å². The van der Waals surface area contributed by atoms with Gasteiger partial charge >= 0.3 is 5.97 Å². The van der Waals surface area contributed by atoms with E-state index in [1.54, 1.807) is 0 Å². The van der Waals surface area contributed by atoms with Gasteiger partial charge in [0.15, 0.2) is 8.07 Å². The molecule has 0 saturated carbocycles. The molecule has 1 saturated heterocycles. The highest BCUT2D eigenvalue weighted by atomic mass is 28.3. The van der Waals surface area contributed by atoms with E-state index in [9.17, 15) is 4.79 Å². The van der Waals surface area contributed by atoms with Crippen molar-refractivity contribution in [2.75, 3.05) is 6.61 Å². The van der Waals surface area contributed by atoms with Gasteiger partial charge in [-0.2, -0.15) is 0 Å². The third-order valence-corrected chi connectivity index (χ3v) is 10.9. The van der Waals surface area contributed by atoms with Gasteiger partial charge in [0.05, 0.1) is 6.61 Å². The van der Waals surface area contributed by atoms with E-state index in [1.807, 2.05) is 0 Å². The van der Waals surface area contributed by atoms with Crippen molar-refractivity contribution in [1.29, 1.82) is 0 Å². The van der Waals surface area contributed by atoms with E-state index in [0.717, 1.165) is 6.42 Å². The van der Waals surface area contributed by atoms with Crippen molar-refractivity contribution in [3.63, 3.8) is 0 Å². The highest BCUT2D eigenvalue weighted by Crippen LogP contribution is 2.31. The first-order valence-electron chi connectivity index (χ1n) is 9.14. The van der Waals surface area contributed by atoms with Gasteiger partial charge in [0.2, 0.25) is 0 Å². The van der Waals surface area contributed by atoms with Crippen molar-refractivity contribution in [3.8, 4) is 0 Å². The maximum Gasteiger partial charge on any atom is 0.305 e. The minimum absolute atomic E-state index is 0.0710. The van der Waals surface area contributed by atoms with E-state index < -0.39 is 8.07 Å². The number of ether oxygens (including phenoxy) is 1. The quantitative estimate of drug-likeness (QED) is 0.407. The number of carbonyl (C=O) groups is 1. The molecule has 4 rings (SSSR count). The van der Waals surface area contributed by atoms with Crippen LogP contribution >= 0.6 is 0 Å². The molecule has 1 atom stereocenters. The highest BCUT2D eigenvalue weighted by Gasteiger charge is 2.47. The highest BCUT2D eigenvalue weighted by molar-refractivity contribution is 7.12. The summed E-state index contributed by atoms with van der Waals surface area (Å²) in [5.41, 5.74) is 0.326. The summed E-state index contributed by atoms with van der Waals surface area (Å²) in [6.45, 7) is 0.504. The average molecular weight is 359 g/mol. The van der Waals surface area contributed by atoms with E-state index >= 15 is 0 Å². The fourth-order valence-electron chi connectivity index (χ4n) is 4.29. The molecule has 3 heteroatoms. The second-order valence-corrected chi connectivity index (χ2v) is 11.0. The van der Waals surface area contributed by atoms with Gasteiger partial charge in [0, 0.05) is 12.0 Å². The summed E-state index contributed by atoms with van der Waals surface area (Å²) < 4.78 is 5.56. The Morgan fingerprint density at radius 1 is 0.692 bits per heavy atom. The summed E-state index contributed by atoms with van der Waals surface area (Å²) in [5, 5.41) is 4.13. The van der Waals surface area contributed by atoms with Gasteiger partial charge in [-0.1, -0.05) is 91.0 Å². The molecule has 0 amide bonds. The van der Waals surface area contributed by atoms with Gasteiger partial charge < -0.3 is 4.74 Å². The monoisotopic (exact) mass is 358 g/mol. The maximum absolute atomic E-state index is 11.7. The molecule has 3 aromatic carbocycles. The Kier molecular flexibility index (Phi) is 4.72. The Labute approximate surface area is 155 Å². The van der Waals surface area contributed by atoms with Crippen LogP contribution in [-0.4, -0.2) is 20.7 Å². The minimum atomic E-state index is -2.33. The van der Waals surface area contributed by atoms with Crippen LogP contribution in [0.2, 0.25) is 5.54 Å². The topological polar surface area (TPSA) is 26.3 Å². The second-order valence-electron chi connectivity index (χ2n) is 6.82. The molecule has 0 radical (unpaired) electrons. The van der Waals surface area contributed by atoms with Crippen LogP contribution in [0.25, 0.3) is 0 Å². The molecule has 130 valence electrons. The Morgan fingerprint density at radius 3 is 1.46 bits per heavy atom. The standard InChI is InChI=1S/C23H22O2Si/c24-23-17-16-22(18-25-23)26(19-10-4-1-5-11-19,20-12-6-2-7-13-20)21-14-8-3-9-15-21/h1-15,22H,16-18H2. The third kappa shape index (κ3) is 2.88. The molecule has 1 aliphatic rings. The lowest BCUT2D eigenvalue weighted by molar-refractivity contribution is -0.146. The van der Waals surface area contributed by atoms with E-state index in [0.29, 0.717) is 18.6 Å². The number of carbonyl (C=O) groups excluding carboxylic acids is 1. The SMILES string of the molecule is O=C1CCC([Si](c2ccccc2)(c2ccccc2)c2ccccc2)CO1. The van der Waals surface area contributed by atoms with Crippen molar-refractivity contribution >= 4 is 29.6 Å². The summed E-state index contributed by atoms with van der Waals surface area (Å²) in [6, 6.07) is 32.5. The van der Waals surface area contributed by atoms with Crippen LogP contribution in [0.1, 0.15) is 12.8 Å². The van der Waals surface area contributed by atoms with Gasteiger partial charge in [-0.3, -0.25) is 4.79 Å². The van der Waals surface area contributed by atoms with Crippen molar-refractivity contribution in [3.05, 3.63) is 91.0 Å². The molecular weight excluding hydrogens is 336 g/mol. The maximum atomic E-state index is 11.7. The molecule has 0 spiro atoms. The van der Waals surface area contributed by atoms with Crippen molar-refractivity contribution in [2.24, 2.45) is 0 Å². The molecular formula is C23H22O2Si. The summed E-state index contributed by atoms with van der Waals surface area (Å²) >= 11 is 0. The smallest absolute Gasteiger partial charge is 0.305 e. The first-order chi connectivity index (χ1) is 12.8. The zero-order chi connectivity index (χ0) is 17.8. The lowest BCUT2D eigenvalue weighted by atomic mass is 10.2. The molecule has 1 fully saturated rings. The zero-order valence-corrected chi connectivity index (χ0v) is 15.7. The molecule has 0 aliphatic carbocycles. The number of hydrogen-bond acceptors (Lipinski definition) is 2. The fourth-order valence-corrected chi connectivity index (χ4v) is 9.77. The predicted molar refractivity (Wildman–Crippen MR) is 108 cm³/mol. The van der Waals surface area contributed by atoms with Gasteiger partial charge in [0.1, 0.15) is 0 Å². The van der Waals surface area contributed by atoms with E-state index in [4.69, 9.17) is 4.74 Å². The summed E-state index contributed by atoms with van der Waals surface area (Å²) in [6.07, 6.45) is 1.38. The van der Waals surface area contributed by atoms with Crippen LogP contribution in [0.15, 0.2) is 91.0 Å². The third-order valence-electron chi connectivity index (χ3n) is 5.44. The molecule has 1 heterocycles. The lowest BCUT2D eigenvalue weighted by Crippen LogP contribution is -2.71. The van der Waals surface area contributed by atoms with Crippen LogP contribution in [0.5, 0.6) is 0 Å². The molecule has 2 nitrogen and oxygen atoms in total. The van der Waals surface area contributed by atoms with E-state index in [-0.39, 0.29) is 5.97 Å². The normalized spacial score (nSPS) is 17.5. The largest absolute Gasteiger partial charge is 0.466 e. The lowest BCUT2D eigenvalue weighted by Gasteiger charge is -2.41. The van der Waals surface area contributed by atoms with Gasteiger partial charge in [0.25, 0.3) is 0 Å². The Balaban J connectivity index is 1.99. The van der Waals surface area contributed by atoms with Gasteiger partial charge in [-0.15, -0.1) is 0 Å². The van der Waals surface area contributed by atoms with Crippen molar-refractivity contribution in [2.45, 2.75) is 18.4 Å². The molecule has 0 aromatic heterocycles. The first kappa shape index (κ1) is 16.8. The van der Waals surface area contributed by atoms with Crippen LogP contribution in [-0.2, 0) is 9.53 Å². The minimum Gasteiger partial charge on any atom is -0.466 e. The fraction of sp³-hybridized carbons (Fsp3) is 0.174. The Morgan fingerprint density at radius 2 is 1.12 bits per heavy atom. The molecule has 1 aliphatic heterocycles. The molecule has 1 unspecified atom stereocenters. The molecule has 0 bridgehead atoms. The average Bonchev–Trinajstić information content (AvgIpc) is 2.72.